The molecule has 0 spiro atoms. The average molecular weight is 356 g/mol. The summed E-state index contributed by atoms with van der Waals surface area (Å²) in [5, 5.41) is 4.08. The van der Waals surface area contributed by atoms with Crippen molar-refractivity contribution in [1.82, 2.24) is 10.1 Å². The van der Waals surface area contributed by atoms with Crippen molar-refractivity contribution in [3.8, 4) is 0 Å². The molecule has 6 nitrogen and oxygen atoms in total. The predicted octanol–water partition coefficient (Wildman–Crippen LogP) is -1.15. The molecule has 1 amide bonds. The minimum absolute atomic E-state index is 0.302. The summed E-state index contributed by atoms with van der Waals surface area (Å²) in [6, 6.07) is 10.6. The van der Waals surface area contributed by atoms with Crippen LogP contribution >= 0.6 is 0 Å². The zero-order valence-electron chi connectivity index (χ0n) is 15.5. The van der Waals surface area contributed by atoms with E-state index in [4.69, 9.17) is 4.52 Å². The summed E-state index contributed by atoms with van der Waals surface area (Å²) < 4.78 is 5.14. The molecular weight excluding hydrogens is 328 g/mol. The van der Waals surface area contributed by atoms with E-state index in [9.17, 15) is 4.79 Å². The van der Waals surface area contributed by atoms with Crippen LogP contribution in [0.1, 0.15) is 22.6 Å². The van der Waals surface area contributed by atoms with Crippen molar-refractivity contribution in [2.45, 2.75) is 26.4 Å². The molecular formula is C20H28N4O2+2. The number of quaternary nitrogens is 2. The van der Waals surface area contributed by atoms with Gasteiger partial charge in [-0.05, 0) is 12.5 Å². The zero-order chi connectivity index (χ0) is 17.9. The zero-order valence-corrected chi connectivity index (χ0v) is 15.5. The first kappa shape index (κ1) is 17.2. The van der Waals surface area contributed by atoms with Crippen molar-refractivity contribution in [2.75, 3.05) is 39.3 Å². The largest absolute Gasteiger partial charge is 0.361 e. The minimum atomic E-state index is 0.302. The summed E-state index contributed by atoms with van der Waals surface area (Å²) in [6.45, 7) is 9.09. The van der Waals surface area contributed by atoms with Gasteiger partial charge in [-0.3, -0.25) is 4.79 Å². The Labute approximate surface area is 154 Å². The van der Waals surface area contributed by atoms with Crippen LogP contribution in [0.4, 0.5) is 0 Å². The first-order valence-electron chi connectivity index (χ1n) is 9.61. The second-order valence-corrected chi connectivity index (χ2v) is 7.61. The number of aromatic nitrogens is 1. The predicted molar refractivity (Wildman–Crippen MR) is 96.8 cm³/mol. The number of hydrogen-bond acceptors (Lipinski definition) is 3. The lowest BCUT2D eigenvalue weighted by molar-refractivity contribution is -0.919. The Morgan fingerprint density at radius 2 is 1.92 bits per heavy atom. The van der Waals surface area contributed by atoms with Gasteiger partial charge in [-0.15, -0.1) is 0 Å². The van der Waals surface area contributed by atoms with Crippen molar-refractivity contribution in [1.29, 1.82) is 0 Å². The molecule has 2 aromatic rings. The van der Waals surface area contributed by atoms with Crippen LogP contribution in [0.5, 0.6) is 0 Å². The van der Waals surface area contributed by atoms with Crippen LogP contribution in [0.15, 0.2) is 34.9 Å². The first-order chi connectivity index (χ1) is 12.7. The molecule has 138 valence electrons. The Balaban J connectivity index is 1.25. The number of rotatable bonds is 4. The van der Waals surface area contributed by atoms with E-state index in [-0.39, 0.29) is 0 Å². The Morgan fingerprint density at radius 3 is 2.65 bits per heavy atom. The van der Waals surface area contributed by atoms with Crippen LogP contribution in [-0.2, 0) is 24.3 Å². The van der Waals surface area contributed by atoms with Crippen LogP contribution in [0.2, 0.25) is 0 Å². The van der Waals surface area contributed by atoms with Gasteiger partial charge in [-0.2, -0.15) is 0 Å². The maximum absolute atomic E-state index is 12.7. The van der Waals surface area contributed by atoms with Crippen LogP contribution in [0.3, 0.4) is 0 Å². The normalized spacial score (nSPS) is 20.8. The molecule has 1 fully saturated rings. The Hall–Kier alpha value is -2.18. The molecule has 2 aliphatic rings. The fraction of sp³-hybridized carbons (Fsp3) is 0.500. The van der Waals surface area contributed by atoms with Crippen molar-refractivity contribution >= 4 is 5.91 Å². The molecule has 1 atom stereocenters. The van der Waals surface area contributed by atoms with Crippen molar-refractivity contribution < 1.29 is 19.1 Å². The fourth-order valence-electron chi connectivity index (χ4n) is 4.13. The van der Waals surface area contributed by atoms with Crippen LogP contribution in [0.25, 0.3) is 0 Å². The summed E-state index contributed by atoms with van der Waals surface area (Å²) in [7, 11) is 0. The molecule has 4 rings (SSSR count). The van der Waals surface area contributed by atoms with E-state index in [1.54, 1.807) is 0 Å². The minimum Gasteiger partial charge on any atom is -0.361 e. The van der Waals surface area contributed by atoms with Gasteiger partial charge in [0.2, 0.25) is 0 Å². The molecule has 3 heterocycles. The van der Waals surface area contributed by atoms with E-state index < -0.39 is 0 Å². The highest BCUT2D eigenvalue weighted by Crippen LogP contribution is 2.10. The quantitative estimate of drug-likeness (QED) is 0.728. The van der Waals surface area contributed by atoms with Gasteiger partial charge in [-0.25, -0.2) is 0 Å². The Bertz CT molecular complexity index is 765. The van der Waals surface area contributed by atoms with Gasteiger partial charge >= 0.3 is 0 Å². The SMILES string of the molecule is Cc1cc(C[NH+]2CCN(C(=O)C[NH+]3CCc4ccccc4C3)CC2)no1. The van der Waals surface area contributed by atoms with Crippen molar-refractivity contribution in [3.05, 3.63) is 52.9 Å². The van der Waals surface area contributed by atoms with Gasteiger partial charge in [0.1, 0.15) is 24.5 Å². The lowest BCUT2D eigenvalue weighted by atomic mass is 10.00. The van der Waals surface area contributed by atoms with Gasteiger partial charge in [0.25, 0.3) is 5.91 Å². The lowest BCUT2D eigenvalue weighted by Crippen LogP contribution is -3.14. The van der Waals surface area contributed by atoms with Gasteiger partial charge < -0.3 is 19.2 Å². The van der Waals surface area contributed by atoms with E-state index in [2.05, 4.69) is 29.4 Å². The summed E-state index contributed by atoms with van der Waals surface area (Å²) in [5.41, 5.74) is 3.86. The maximum atomic E-state index is 12.7. The topological polar surface area (TPSA) is 55.2 Å². The number of carbonyl (C=O) groups is 1. The maximum Gasteiger partial charge on any atom is 0.278 e. The standard InChI is InChI=1S/C20H26N4O2/c1-16-12-19(21-26-16)14-22-8-10-24(11-9-22)20(25)15-23-7-6-17-4-2-3-5-18(17)13-23/h2-5,12H,6-11,13-15H2,1H3/p+2. The number of fused-ring (bicyclic) bond motifs is 1. The number of amides is 1. The number of hydrogen-bond donors (Lipinski definition) is 2. The van der Waals surface area contributed by atoms with Gasteiger partial charge in [0, 0.05) is 18.1 Å². The third-order valence-corrected chi connectivity index (χ3v) is 5.64. The molecule has 0 radical (unpaired) electrons. The van der Waals surface area contributed by atoms with Crippen molar-refractivity contribution in [2.24, 2.45) is 0 Å². The van der Waals surface area contributed by atoms with Crippen LogP contribution in [-0.4, -0.2) is 55.2 Å². The smallest absolute Gasteiger partial charge is 0.278 e. The molecule has 0 aliphatic carbocycles. The second kappa shape index (κ2) is 7.60. The highest BCUT2D eigenvalue weighted by atomic mass is 16.5. The average Bonchev–Trinajstić information content (AvgIpc) is 3.07. The summed E-state index contributed by atoms with van der Waals surface area (Å²) in [6.07, 6.45) is 1.08. The summed E-state index contributed by atoms with van der Waals surface area (Å²) in [4.78, 5) is 17.6. The van der Waals surface area contributed by atoms with Gasteiger partial charge in [-0.1, -0.05) is 29.4 Å². The fourth-order valence-corrected chi connectivity index (χ4v) is 4.13. The van der Waals surface area contributed by atoms with Crippen molar-refractivity contribution in [3.63, 3.8) is 0 Å². The van der Waals surface area contributed by atoms with E-state index in [0.29, 0.717) is 12.5 Å². The van der Waals surface area contributed by atoms with E-state index in [0.717, 1.165) is 63.7 Å². The second-order valence-electron chi connectivity index (χ2n) is 7.61. The summed E-state index contributed by atoms with van der Waals surface area (Å²) in [5.74, 6) is 1.16. The lowest BCUT2D eigenvalue weighted by Gasteiger charge is -2.33. The molecule has 1 aromatic heterocycles. The molecule has 6 heteroatoms. The Kier molecular flexibility index (Phi) is 5.04. The van der Waals surface area contributed by atoms with Crippen LogP contribution in [0, 0.1) is 6.92 Å². The number of benzene rings is 1. The molecule has 2 aliphatic heterocycles. The number of piperazine rings is 1. The number of nitrogens with zero attached hydrogens (tertiary/aromatic N) is 2. The highest BCUT2D eigenvalue weighted by Gasteiger charge is 2.28. The molecule has 0 saturated carbocycles. The number of aryl methyl sites for hydroxylation is 1. The highest BCUT2D eigenvalue weighted by molar-refractivity contribution is 5.77. The van der Waals surface area contributed by atoms with E-state index in [1.807, 2.05) is 17.9 Å². The molecule has 1 saturated heterocycles. The first-order valence-corrected chi connectivity index (χ1v) is 9.61. The molecule has 0 bridgehead atoms. The van der Waals surface area contributed by atoms with Gasteiger partial charge in [0.15, 0.2) is 6.54 Å². The third kappa shape index (κ3) is 3.97. The number of nitrogens with one attached hydrogen (secondary N) is 2. The Morgan fingerprint density at radius 1 is 1.15 bits per heavy atom. The number of carbonyl (C=O) groups excluding carboxylic acids is 1. The molecule has 1 unspecified atom stereocenters. The monoisotopic (exact) mass is 356 g/mol. The molecule has 2 N–H and O–H groups in total. The van der Waals surface area contributed by atoms with E-state index in [1.165, 1.54) is 20.9 Å². The van der Waals surface area contributed by atoms with Crippen LogP contribution < -0.4 is 9.80 Å². The van der Waals surface area contributed by atoms with E-state index >= 15 is 0 Å². The molecule has 26 heavy (non-hydrogen) atoms. The summed E-state index contributed by atoms with van der Waals surface area (Å²) >= 11 is 0. The molecule has 1 aromatic carbocycles. The van der Waals surface area contributed by atoms with Gasteiger partial charge in [0.05, 0.1) is 32.7 Å². The third-order valence-electron chi connectivity index (χ3n) is 5.64.